The highest BCUT2D eigenvalue weighted by molar-refractivity contribution is 7.21. The zero-order valence-electron chi connectivity index (χ0n) is 18.7. The highest BCUT2D eigenvalue weighted by atomic mass is 35.5. The predicted molar refractivity (Wildman–Crippen MR) is 128 cm³/mol. The lowest BCUT2D eigenvalue weighted by atomic mass is 10.0. The Balaban J connectivity index is 1.48. The van der Waals surface area contributed by atoms with Crippen LogP contribution in [-0.4, -0.2) is 26.6 Å². The SMILES string of the molecule is Cc1nn(Cc2ccc(C(=O)Nc3c(C(N)=O)sc4nc(C(F)F)cc(C5CC5)c34)o2)c(C)c1Cl. The van der Waals surface area contributed by atoms with Gasteiger partial charge in [-0.15, -0.1) is 11.3 Å². The molecule has 1 saturated carbocycles. The number of amides is 2. The summed E-state index contributed by atoms with van der Waals surface area (Å²) in [5.41, 5.74) is 7.44. The van der Waals surface area contributed by atoms with Crippen LogP contribution in [0.25, 0.3) is 10.2 Å². The Labute approximate surface area is 207 Å². The molecule has 4 heterocycles. The van der Waals surface area contributed by atoms with E-state index in [2.05, 4.69) is 15.4 Å². The average Bonchev–Trinajstić information content (AvgIpc) is 3.37. The van der Waals surface area contributed by atoms with Crippen molar-refractivity contribution in [3.05, 3.63) is 62.3 Å². The second kappa shape index (κ2) is 8.72. The maximum absolute atomic E-state index is 13.4. The third-order valence-electron chi connectivity index (χ3n) is 5.90. The fraction of sp³-hybridized carbons (Fsp3) is 0.304. The number of nitrogens with one attached hydrogen (secondary N) is 1. The van der Waals surface area contributed by atoms with Gasteiger partial charge in [-0.05, 0) is 56.4 Å². The first kappa shape index (κ1) is 23.4. The van der Waals surface area contributed by atoms with Crippen molar-refractivity contribution >= 4 is 50.7 Å². The molecule has 3 N–H and O–H groups in total. The molecule has 0 bridgehead atoms. The van der Waals surface area contributed by atoms with E-state index in [0.29, 0.717) is 27.4 Å². The lowest BCUT2D eigenvalue weighted by Gasteiger charge is -2.09. The number of nitrogens with zero attached hydrogens (tertiary/aromatic N) is 3. The van der Waals surface area contributed by atoms with Crippen molar-refractivity contribution in [3.63, 3.8) is 0 Å². The number of alkyl halides is 2. The number of primary amides is 1. The number of anilines is 1. The Morgan fingerprint density at radius 3 is 2.69 bits per heavy atom. The molecular weight excluding hydrogens is 500 g/mol. The number of carbonyl (C=O) groups excluding carboxylic acids is 2. The van der Waals surface area contributed by atoms with Gasteiger partial charge in [0, 0.05) is 5.39 Å². The first-order valence-electron chi connectivity index (χ1n) is 10.8. The van der Waals surface area contributed by atoms with Crippen LogP contribution in [0, 0.1) is 13.8 Å². The number of aromatic nitrogens is 3. The molecule has 0 unspecified atom stereocenters. The van der Waals surface area contributed by atoms with Crippen molar-refractivity contribution in [3.8, 4) is 0 Å². The minimum atomic E-state index is -2.76. The third-order valence-corrected chi connectivity index (χ3v) is 7.54. The quantitative estimate of drug-likeness (QED) is 0.331. The standard InChI is InChI=1S/C23H20ClF2N5O3S/c1-9-17(24)10(2)31(30-9)8-12-5-6-15(34-12)22(33)29-18-16-13(11-3-4-11)7-14(20(25)26)28-23(16)35-19(18)21(27)32/h5-7,11,20H,3-4,8H2,1-2H3,(H2,27,32)(H,29,33). The maximum atomic E-state index is 13.4. The number of hydrogen-bond acceptors (Lipinski definition) is 6. The smallest absolute Gasteiger partial charge is 0.291 e. The Bertz CT molecular complexity index is 1490. The normalized spacial score (nSPS) is 13.7. The summed E-state index contributed by atoms with van der Waals surface area (Å²) in [7, 11) is 0. The summed E-state index contributed by atoms with van der Waals surface area (Å²) in [4.78, 5) is 29.5. The van der Waals surface area contributed by atoms with Crippen LogP contribution in [0.15, 0.2) is 22.6 Å². The van der Waals surface area contributed by atoms with E-state index in [1.165, 1.54) is 12.1 Å². The Morgan fingerprint density at radius 2 is 2.09 bits per heavy atom. The minimum Gasteiger partial charge on any atom is -0.454 e. The Morgan fingerprint density at radius 1 is 1.34 bits per heavy atom. The molecule has 0 atom stereocenters. The van der Waals surface area contributed by atoms with Crippen LogP contribution in [0.3, 0.4) is 0 Å². The summed E-state index contributed by atoms with van der Waals surface area (Å²) in [6.07, 6.45) is -1.10. The summed E-state index contributed by atoms with van der Waals surface area (Å²) < 4.78 is 34.2. The predicted octanol–water partition coefficient (Wildman–Crippen LogP) is 5.57. The van der Waals surface area contributed by atoms with Crippen molar-refractivity contribution in [1.29, 1.82) is 0 Å². The van der Waals surface area contributed by atoms with Crippen LogP contribution in [0.4, 0.5) is 14.5 Å². The fourth-order valence-electron chi connectivity index (χ4n) is 4.00. The molecule has 12 heteroatoms. The van der Waals surface area contributed by atoms with Gasteiger partial charge in [-0.25, -0.2) is 13.8 Å². The molecule has 182 valence electrons. The number of halogens is 3. The van der Waals surface area contributed by atoms with Gasteiger partial charge in [0.15, 0.2) is 5.76 Å². The van der Waals surface area contributed by atoms with Crippen molar-refractivity contribution in [1.82, 2.24) is 14.8 Å². The number of furan rings is 1. The molecule has 4 aromatic rings. The van der Waals surface area contributed by atoms with Gasteiger partial charge in [0.2, 0.25) is 0 Å². The minimum absolute atomic E-state index is 0.00697. The number of aryl methyl sites for hydroxylation is 1. The first-order chi connectivity index (χ1) is 16.6. The molecule has 0 aliphatic heterocycles. The van der Waals surface area contributed by atoms with Crippen LogP contribution in [-0.2, 0) is 6.54 Å². The summed E-state index contributed by atoms with van der Waals surface area (Å²) in [6.45, 7) is 3.90. The number of carbonyl (C=O) groups is 2. The number of hydrogen-bond donors (Lipinski definition) is 2. The molecule has 1 aliphatic carbocycles. The van der Waals surface area contributed by atoms with Crippen molar-refractivity contribution in [2.75, 3.05) is 5.32 Å². The molecule has 35 heavy (non-hydrogen) atoms. The zero-order chi connectivity index (χ0) is 25.0. The average molecular weight is 520 g/mol. The molecule has 0 spiro atoms. The number of pyridine rings is 1. The topological polar surface area (TPSA) is 116 Å². The van der Waals surface area contributed by atoms with Gasteiger partial charge in [0.1, 0.15) is 21.2 Å². The lowest BCUT2D eigenvalue weighted by molar-refractivity contribution is 0.0994. The summed E-state index contributed by atoms with van der Waals surface area (Å²) in [6, 6.07) is 4.50. The van der Waals surface area contributed by atoms with Gasteiger partial charge in [0.05, 0.1) is 28.6 Å². The van der Waals surface area contributed by atoms with Crippen LogP contribution in [0.2, 0.25) is 5.02 Å². The summed E-state index contributed by atoms with van der Waals surface area (Å²) >= 11 is 7.08. The number of nitrogens with two attached hydrogens (primary N) is 1. The monoisotopic (exact) mass is 519 g/mol. The van der Waals surface area contributed by atoms with Crippen LogP contribution in [0.5, 0.6) is 0 Å². The van der Waals surface area contributed by atoms with Gasteiger partial charge < -0.3 is 15.5 Å². The molecule has 1 aliphatic rings. The molecule has 0 saturated heterocycles. The Kier molecular flexibility index (Phi) is 5.84. The molecule has 1 fully saturated rings. The van der Waals surface area contributed by atoms with Crippen LogP contribution in [0.1, 0.15) is 73.8 Å². The van der Waals surface area contributed by atoms with E-state index >= 15 is 0 Å². The van der Waals surface area contributed by atoms with E-state index < -0.39 is 18.2 Å². The van der Waals surface area contributed by atoms with E-state index in [9.17, 15) is 18.4 Å². The van der Waals surface area contributed by atoms with Crippen molar-refractivity contribution < 1.29 is 22.8 Å². The molecule has 0 radical (unpaired) electrons. The maximum Gasteiger partial charge on any atom is 0.291 e. The molecule has 4 aromatic heterocycles. The van der Waals surface area contributed by atoms with Gasteiger partial charge in [-0.1, -0.05) is 11.6 Å². The highest BCUT2D eigenvalue weighted by Crippen LogP contribution is 2.48. The van der Waals surface area contributed by atoms with E-state index in [1.54, 1.807) is 17.7 Å². The van der Waals surface area contributed by atoms with Crippen LogP contribution < -0.4 is 11.1 Å². The number of thiophene rings is 1. The largest absolute Gasteiger partial charge is 0.454 e. The van der Waals surface area contributed by atoms with E-state index in [4.69, 9.17) is 21.8 Å². The Hall–Kier alpha value is -3.31. The molecule has 2 amide bonds. The summed E-state index contributed by atoms with van der Waals surface area (Å²) in [5.74, 6) is -0.848. The summed E-state index contributed by atoms with van der Waals surface area (Å²) in [5, 5.41) is 8.09. The number of rotatable bonds is 7. The van der Waals surface area contributed by atoms with E-state index in [1.807, 2.05) is 6.92 Å². The fourth-order valence-corrected chi connectivity index (χ4v) is 5.16. The molecule has 8 nitrogen and oxygen atoms in total. The number of fused-ring (bicyclic) bond motifs is 1. The van der Waals surface area contributed by atoms with Crippen LogP contribution >= 0.6 is 22.9 Å². The van der Waals surface area contributed by atoms with Gasteiger partial charge in [-0.2, -0.15) is 5.10 Å². The second-order valence-corrected chi connectivity index (χ2v) is 9.80. The van der Waals surface area contributed by atoms with E-state index in [-0.39, 0.29) is 39.3 Å². The lowest BCUT2D eigenvalue weighted by Crippen LogP contribution is -2.16. The van der Waals surface area contributed by atoms with E-state index in [0.717, 1.165) is 29.9 Å². The van der Waals surface area contributed by atoms with Gasteiger partial charge in [-0.3, -0.25) is 14.3 Å². The third kappa shape index (κ3) is 4.30. The van der Waals surface area contributed by atoms with Gasteiger partial charge in [0.25, 0.3) is 18.2 Å². The second-order valence-electron chi connectivity index (χ2n) is 8.42. The highest BCUT2D eigenvalue weighted by Gasteiger charge is 2.32. The molecule has 0 aromatic carbocycles. The van der Waals surface area contributed by atoms with Crippen molar-refractivity contribution in [2.24, 2.45) is 5.73 Å². The first-order valence-corrected chi connectivity index (χ1v) is 12.0. The zero-order valence-corrected chi connectivity index (χ0v) is 20.3. The van der Waals surface area contributed by atoms with Crippen molar-refractivity contribution in [2.45, 2.75) is 45.6 Å². The van der Waals surface area contributed by atoms with Gasteiger partial charge >= 0.3 is 0 Å². The molecular formula is C23H20ClF2N5O3S. The molecule has 5 rings (SSSR count).